The van der Waals surface area contributed by atoms with Gasteiger partial charge in [-0.1, -0.05) is 30.3 Å². The molecule has 0 spiro atoms. The molecule has 102 valence electrons. The second kappa shape index (κ2) is 9.05. The van der Waals surface area contributed by atoms with Crippen molar-refractivity contribution in [2.75, 3.05) is 40.5 Å². The topological polar surface area (TPSA) is 41.9 Å². The van der Waals surface area contributed by atoms with Crippen molar-refractivity contribution in [2.24, 2.45) is 0 Å². The second-order valence-corrected chi connectivity index (χ2v) is 4.41. The number of methoxy groups -OCH3 is 1. The first-order valence-corrected chi connectivity index (χ1v) is 6.19. The molecule has 1 aromatic carbocycles. The van der Waals surface area contributed by atoms with E-state index >= 15 is 0 Å². The van der Waals surface area contributed by atoms with Gasteiger partial charge in [0.15, 0.2) is 0 Å². The molecule has 1 N–H and O–H groups in total. The molecule has 18 heavy (non-hydrogen) atoms. The van der Waals surface area contributed by atoms with Gasteiger partial charge in [0.05, 0.1) is 25.9 Å². The number of hydrogen-bond donors (Lipinski definition) is 1. The van der Waals surface area contributed by atoms with Gasteiger partial charge in [0.25, 0.3) is 0 Å². The molecule has 0 aliphatic carbocycles. The minimum absolute atomic E-state index is 0.353. The van der Waals surface area contributed by atoms with Crippen LogP contribution in [0, 0.1) is 0 Å². The third-order valence-electron chi connectivity index (χ3n) is 2.62. The van der Waals surface area contributed by atoms with Crippen LogP contribution in [0.1, 0.15) is 5.56 Å². The zero-order valence-electron chi connectivity index (χ0n) is 11.2. The lowest BCUT2D eigenvalue weighted by Crippen LogP contribution is -2.34. The highest BCUT2D eigenvalue weighted by molar-refractivity contribution is 5.13. The Bertz CT molecular complexity index is 305. The van der Waals surface area contributed by atoms with Gasteiger partial charge in [-0.05, 0) is 12.6 Å². The van der Waals surface area contributed by atoms with Crippen molar-refractivity contribution in [3.63, 3.8) is 0 Å². The molecule has 0 radical (unpaired) electrons. The van der Waals surface area contributed by atoms with E-state index in [1.54, 1.807) is 7.11 Å². The molecule has 0 bridgehead atoms. The first-order valence-electron chi connectivity index (χ1n) is 6.19. The lowest BCUT2D eigenvalue weighted by Gasteiger charge is -2.20. The summed E-state index contributed by atoms with van der Waals surface area (Å²) in [6.07, 6.45) is -0.462. The lowest BCUT2D eigenvalue weighted by molar-refractivity contribution is 0.0108. The summed E-state index contributed by atoms with van der Waals surface area (Å²) in [7, 11) is 3.63. The summed E-state index contributed by atoms with van der Waals surface area (Å²) in [6, 6.07) is 9.96. The number of aliphatic hydroxyl groups excluding tert-OH is 1. The molecule has 0 aliphatic rings. The maximum Gasteiger partial charge on any atom is 0.0900 e. The molecule has 1 unspecified atom stereocenters. The van der Waals surface area contributed by atoms with E-state index in [1.165, 1.54) is 0 Å². The van der Waals surface area contributed by atoms with Gasteiger partial charge in [0.1, 0.15) is 0 Å². The van der Waals surface area contributed by atoms with Crippen LogP contribution in [0.4, 0.5) is 0 Å². The maximum atomic E-state index is 9.79. The van der Waals surface area contributed by atoms with Crippen LogP contribution in [0.5, 0.6) is 0 Å². The zero-order valence-corrected chi connectivity index (χ0v) is 11.2. The van der Waals surface area contributed by atoms with Crippen molar-refractivity contribution in [1.82, 2.24) is 4.90 Å². The van der Waals surface area contributed by atoms with Crippen LogP contribution in [0.3, 0.4) is 0 Å². The second-order valence-electron chi connectivity index (χ2n) is 4.41. The summed E-state index contributed by atoms with van der Waals surface area (Å²) in [5, 5.41) is 9.79. The van der Waals surface area contributed by atoms with Crippen molar-refractivity contribution >= 4 is 0 Å². The number of nitrogens with zero attached hydrogens (tertiary/aromatic N) is 1. The van der Waals surface area contributed by atoms with Gasteiger partial charge >= 0.3 is 0 Å². The van der Waals surface area contributed by atoms with Gasteiger partial charge in [0.2, 0.25) is 0 Å². The Morgan fingerprint density at radius 1 is 1.28 bits per heavy atom. The van der Waals surface area contributed by atoms with E-state index in [9.17, 15) is 5.11 Å². The highest BCUT2D eigenvalue weighted by Gasteiger charge is 2.08. The molecule has 0 heterocycles. The standard InChI is InChI=1S/C14H23NO3/c1-15(8-9-17-2)10-14(16)12-18-11-13-6-4-3-5-7-13/h3-7,14,16H,8-12H2,1-2H3. The summed E-state index contributed by atoms with van der Waals surface area (Å²) in [4.78, 5) is 2.03. The zero-order chi connectivity index (χ0) is 13.2. The van der Waals surface area contributed by atoms with Gasteiger partial charge in [-0.2, -0.15) is 0 Å². The monoisotopic (exact) mass is 253 g/mol. The van der Waals surface area contributed by atoms with Crippen molar-refractivity contribution < 1.29 is 14.6 Å². The SMILES string of the molecule is COCCN(C)CC(O)COCc1ccccc1. The van der Waals surface area contributed by atoms with E-state index in [0.717, 1.165) is 12.1 Å². The highest BCUT2D eigenvalue weighted by atomic mass is 16.5. The number of rotatable bonds is 9. The minimum atomic E-state index is -0.462. The summed E-state index contributed by atoms with van der Waals surface area (Å²) >= 11 is 0. The van der Waals surface area contributed by atoms with E-state index in [0.29, 0.717) is 26.4 Å². The van der Waals surface area contributed by atoms with E-state index in [1.807, 2.05) is 42.3 Å². The van der Waals surface area contributed by atoms with E-state index < -0.39 is 6.10 Å². The van der Waals surface area contributed by atoms with Crippen molar-refractivity contribution in [3.05, 3.63) is 35.9 Å². The predicted molar refractivity (Wildman–Crippen MR) is 71.5 cm³/mol. The fourth-order valence-corrected chi connectivity index (χ4v) is 1.64. The van der Waals surface area contributed by atoms with Crippen LogP contribution in [-0.4, -0.2) is 56.6 Å². The molecule has 0 aliphatic heterocycles. The maximum absolute atomic E-state index is 9.79. The molecular weight excluding hydrogens is 230 g/mol. The number of aliphatic hydroxyl groups is 1. The average Bonchev–Trinajstić information content (AvgIpc) is 2.37. The average molecular weight is 253 g/mol. The minimum Gasteiger partial charge on any atom is -0.389 e. The number of ether oxygens (including phenoxy) is 2. The van der Waals surface area contributed by atoms with Crippen molar-refractivity contribution in [3.8, 4) is 0 Å². The summed E-state index contributed by atoms with van der Waals surface area (Å²) in [6.45, 7) is 2.98. The first-order chi connectivity index (χ1) is 8.72. The van der Waals surface area contributed by atoms with Crippen LogP contribution in [0.15, 0.2) is 30.3 Å². The lowest BCUT2D eigenvalue weighted by atomic mass is 10.2. The van der Waals surface area contributed by atoms with Gasteiger partial charge in [-0.25, -0.2) is 0 Å². The van der Waals surface area contributed by atoms with Crippen LogP contribution in [-0.2, 0) is 16.1 Å². The molecule has 0 aromatic heterocycles. The fraction of sp³-hybridized carbons (Fsp3) is 0.571. The number of benzene rings is 1. The molecule has 4 nitrogen and oxygen atoms in total. The smallest absolute Gasteiger partial charge is 0.0900 e. The van der Waals surface area contributed by atoms with E-state index in [2.05, 4.69) is 0 Å². The van der Waals surface area contributed by atoms with Gasteiger partial charge in [0, 0.05) is 20.2 Å². The van der Waals surface area contributed by atoms with Crippen LogP contribution >= 0.6 is 0 Å². The summed E-state index contributed by atoms with van der Waals surface area (Å²) in [5.74, 6) is 0. The molecule has 0 saturated heterocycles. The molecule has 0 fully saturated rings. The van der Waals surface area contributed by atoms with Gasteiger partial charge in [-0.3, -0.25) is 0 Å². The first kappa shape index (κ1) is 15.1. The normalized spacial score (nSPS) is 12.9. The van der Waals surface area contributed by atoms with Gasteiger partial charge in [-0.15, -0.1) is 0 Å². The quantitative estimate of drug-likeness (QED) is 0.716. The Balaban J connectivity index is 2.11. The van der Waals surface area contributed by atoms with E-state index in [4.69, 9.17) is 9.47 Å². The third kappa shape index (κ3) is 6.71. The third-order valence-corrected chi connectivity index (χ3v) is 2.62. The Morgan fingerprint density at radius 3 is 2.67 bits per heavy atom. The molecule has 1 atom stereocenters. The van der Waals surface area contributed by atoms with Crippen molar-refractivity contribution in [1.29, 1.82) is 0 Å². The molecule has 0 amide bonds. The van der Waals surface area contributed by atoms with E-state index in [-0.39, 0.29) is 0 Å². The number of likely N-dealkylation sites (N-methyl/N-ethyl adjacent to an activating group) is 1. The van der Waals surface area contributed by atoms with Gasteiger partial charge < -0.3 is 19.5 Å². The Morgan fingerprint density at radius 2 is 2.00 bits per heavy atom. The van der Waals surface area contributed by atoms with Crippen molar-refractivity contribution in [2.45, 2.75) is 12.7 Å². The molecule has 0 saturated carbocycles. The Kier molecular flexibility index (Phi) is 7.60. The highest BCUT2D eigenvalue weighted by Crippen LogP contribution is 2.01. The van der Waals surface area contributed by atoms with Crippen LogP contribution < -0.4 is 0 Å². The predicted octanol–water partition coefficient (Wildman–Crippen LogP) is 1.14. The molecule has 4 heteroatoms. The molecule has 1 aromatic rings. The van der Waals surface area contributed by atoms with Crippen LogP contribution in [0.2, 0.25) is 0 Å². The molecular formula is C14H23NO3. The summed E-state index contributed by atoms with van der Waals surface area (Å²) in [5.41, 5.74) is 1.12. The Hall–Kier alpha value is -0.940. The number of hydrogen-bond acceptors (Lipinski definition) is 4. The summed E-state index contributed by atoms with van der Waals surface area (Å²) < 4.78 is 10.5. The Labute approximate surface area is 109 Å². The van der Waals surface area contributed by atoms with Crippen LogP contribution in [0.25, 0.3) is 0 Å². The largest absolute Gasteiger partial charge is 0.389 e. The molecule has 1 rings (SSSR count). The fourth-order valence-electron chi connectivity index (χ4n) is 1.64.